The Labute approximate surface area is 126 Å². The van der Waals surface area contributed by atoms with Crippen molar-refractivity contribution in [3.05, 3.63) is 24.4 Å². The minimum Gasteiger partial charge on any atom is -0.471 e. The standard InChI is InChI=1S/C17H24N2O2/c20-17(10-9-14-6-2-1-3-7-14)19-12-15(13-19)21-16-8-4-5-11-18-16/h4-5,8,11,14-15H,1-3,6-7,9-10,12-13H2. The summed E-state index contributed by atoms with van der Waals surface area (Å²) in [5, 5.41) is 0. The molecule has 4 heteroatoms. The number of hydrogen-bond acceptors (Lipinski definition) is 3. The fourth-order valence-electron chi connectivity index (χ4n) is 3.27. The van der Waals surface area contributed by atoms with Crippen LogP contribution < -0.4 is 4.74 Å². The highest BCUT2D eigenvalue weighted by Gasteiger charge is 2.32. The Balaban J connectivity index is 1.34. The molecule has 1 saturated heterocycles. The van der Waals surface area contributed by atoms with Crippen LogP contribution in [0, 0.1) is 5.92 Å². The normalized spacial score (nSPS) is 20.1. The Morgan fingerprint density at radius 3 is 2.76 bits per heavy atom. The Kier molecular flexibility index (Phi) is 4.73. The van der Waals surface area contributed by atoms with Crippen LogP contribution in [0.5, 0.6) is 5.88 Å². The van der Waals surface area contributed by atoms with E-state index in [4.69, 9.17) is 4.74 Å². The van der Waals surface area contributed by atoms with E-state index in [1.807, 2.05) is 23.1 Å². The van der Waals surface area contributed by atoms with Gasteiger partial charge in [-0.15, -0.1) is 0 Å². The fourth-order valence-corrected chi connectivity index (χ4v) is 3.27. The lowest BCUT2D eigenvalue weighted by atomic mass is 9.86. The number of carbonyl (C=O) groups excluding carboxylic acids is 1. The van der Waals surface area contributed by atoms with Crippen molar-refractivity contribution in [2.24, 2.45) is 5.92 Å². The van der Waals surface area contributed by atoms with Gasteiger partial charge in [-0.3, -0.25) is 4.79 Å². The summed E-state index contributed by atoms with van der Waals surface area (Å²) in [6.07, 6.45) is 10.3. The first-order valence-electron chi connectivity index (χ1n) is 8.17. The van der Waals surface area contributed by atoms with E-state index in [0.29, 0.717) is 31.3 Å². The minimum atomic E-state index is 0.110. The second-order valence-corrected chi connectivity index (χ2v) is 6.25. The Bertz CT molecular complexity index is 451. The number of carbonyl (C=O) groups is 1. The maximum atomic E-state index is 12.1. The van der Waals surface area contributed by atoms with Crippen LogP contribution in [-0.2, 0) is 4.79 Å². The van der Waals surface area contributed by atoms with Crippen LogP contribution in [0.2, 0.25) is 0 Å². The average molecular weight is 288 g/mol. The smallest absolute Gasteiger partial charge is 0.222 e. The van der Waals surface area contributed by atoms with Gasteiger partial charge in [-0.1, -0.05) is 38.2 Å². The SMILES string of the molecule is O=C(CCC1CCCCC1)N1CC(Oc2ccccn2)C1. The summed E-state index contributed by atoms with van der Waals surface area (Å²) in [6.45, 7) is 1.42. The fraction of sp³-hybridized carbons (Fsp3) is 0.647. The number of nitrogens with zero attached hydrogens (tertiary/aromatic N) is 2. The topological polar surface area (TPSA) is 42.4 Å². The predicted molar refractivity (Wildman–Crippen MR) is 81.0 cm³/mol. The molecule has 21 heavy (non-hydrogen) atoms. The molecular weight excluding hydrogens is 264 g/mol. The van der Waals surface area contributed by atoms with Crippen LogP contribution in [0.15, 0.2) is 24.4 Å². The van der Waals surface area contributed by atoms with E-state index in [0.717, 1.165) is 12.3 Å². The molecule has 0 atom stereocenters. The first kappa shape index (κ1) is 14.4. The maximum absolute atomic E-state index is 12.1. The summed E-state index contributed by atoms with van der Waals surface area (Å²) >= 11 is 0. The third kappa shape index (κ3) is 3.96. The van der Waals surface area contributed by atoms with Gasteiger partial charge in [0.15, 0.2) is 0 Å². The van der Waals surface area contributed by atoms with Gasteiger partial charge in [0.1, 0.15) is 6.10 Å². The summed E-state index contributed by atoms with van der Waals surface area (Å²) in [7, 11) is 0. The van der Waals surface area contributed by atoms with E-state index < -0.39 is 0 Å². The number of hydrogen-bond donors (Lipinski definition) is 0. The highest BCUT2D eigenvalue weighted by atomic mass is 16.5. The van der Waals surface area contributed by atoms with Crippen molar-refractivity contribution in [2.45, 2.75) is 51.0 Å². The Morgan fingerprint density at radius 1 is 1.24 bits per heavy atom. The summed E-state index contributed by atoms with van der Waals surface area (Å²) in [5.41, 5.74) is 0. The molecule has 1 aliphatic carbocycles. The zero-order valence-corrected chi connectivity index (χ0v) is 12.5. The molecular formula is C17H24N2O2. The van der Waals surface area contributed by atoms with Crippen LogP contribution in [-0.4, -0.2) is 35.0 Å². The highest BCUT2D eigenvalue weighted by molar-refractivity contribution is 5.77. The van der Waals surface area contributed by atoms with Gasteiger partial charge in [-0.2, -0.15) is 0 Å². The quantitative estimate of drug-likeness (QED) is 0.836. The number of rotatable bonds is 5. The molecule has 114 valence electrons. The lowest BCUT2D eigenvalue weighted by Gasteiger charge is -2.39. The molecule has 1 saturated carbocycles. The molecule has 2 heterocycles. The lowest BCUT2D eigenvalue weighted by Crippen LogP contribution is -2.56. The van der Waals surface area contributed by atoms with Crippen molar-refractivity contribution in [2.75, 3.05) is 13.1 Å². The number of likely N-dealkylation sites (tertiary alicyclic amines) is 1. The number of ether oxygens (including phenoxy) is 1. The largest absolute Gasteiger partial charge is 0.471 e. The lowest BCUT2D eigenvalue weighted by molar-refractivity contribution is -0.140. The van der Waals surface area contributed by atoms with E-state index in [9.17, 15) is 4.79 Å². The van der Waals surface area contributed by atoms with Gasteiger partial charge in [-0.05, 0) is 18.4 Å². The summed E-state index contributed by atoms with van der Waals surface area (Å²) in [4.78, 5) is 18.2. The Morgan fingerprint density at radius 2 is 2.05 bits per heavy atom. The third-order valence-corrected chi connectivity index (χ3v) is 4.62. The number of amides is 1. The summed E-state index contributed by atoms with van der Waals surface area (Å²) in [6, 6.07) is 5.64. The van der Waals surface area contributed by atoms with Gasteiger partial charge in [-0.25, -0.2) is 4.98 Å². The first-order chi connectivity index (χ1) is 10.3. The van der Waals surface area contributed by atoms with Crippen molar-refractivity contribution < 1.29 is 9.53 Å². The molecule has 0 unspecified atom stereocenters. The van der Waals surface area contributed by atoms with E-state index >= 15 is 0 Å². The monoisotopic (exact) mass is 288 g/mol. The van der Waals surface area contributed by atoms with Crippen molar-refractivity contribution in [1.82, 2.24) is 9.88 Å². The van der Waals surface area contributed by atoms with E-state index in [1.165, 1.54) is 32.1 Å². The van der Waals surface area contributed by atoms with Crippen molar-refractivity contribution in [3.8, 4) is 5.88 Å². The van der Waals surface area contributed by atoms with Crippen LogP contribution in [0.4, 0.5) is 0 Å². The molecule has 0 aromatic carbocycles. The predicted octanol–water partition coefficient (Wildman–Crippen LogP) is 3.03. The van der Waals surface area contributed by atoms with E-state index in [-0.39, 0.29) is 6.10 Å². The van der Waals surface area contributed by atoms with Crippen molar-refractivity contribution >= 4 is 5.91 Å². The summed E-state index contributed by atoms with van der Waals surface area (Å²) < 4.78 is 5.72. The van der Waals surface area contributed by atoms with Gasteiger partial charge >= 0.3 is 0 Å². The molecule has 1 aliphatic heterocycles. The van der Waals surface area contributed by atoms with Gasteiger partial charge in [0.25, 0.3) is 0 Å². The molecule has 3 rings (SSSR count). The molecule has 0 N–H and O–H groups in total. The Hall–Kier alpha value is -1.58. The zero-order valence-electron chi connectivity index (χ0n) is 12.5. The van der Waals surface area contributed by atoms with Gasteiger partial charge < -0.3 is 9.64 Å². The molecule has 1 aromatic rings. The van der Waals surface area contributed by atoms with Gasteiger partial charge in [0, 0.05) is 18.7 Å². The molecule has 0 bridgehead atoms. The molecule has 0 spiro atoms. The maximum Gasteiger partial charge on any atom is 0.222 e. The molecule has 0 radical (unpaired) electrons. The molecule has 2 fully saturated rings. The highest BCUT2D eigenvalue weighted by Crippen LogP contribution is 2.28. The van der Waals surface area contributed by atoms with Crippen molar-refractivity contribution in [1.29, 1.82) is 0 Å². The second kappa shape index (κ2) is 6.92. The van der Waals surface area contributed by atoms with Crippen LogP contribution in [0.1, 0.15) is 44.9 Å². The molecule has 2 aliphatic rings. The van der Waals surface area contributed by atoms with E-state index in [2.05, 4.69) is 4.98 Å². The zero-order chi connectivity index (χ0) is 14.5. The third-order valence-electron chi connectivity index (χ3n) is 4.62. The van der Waals surface area contributed by atoms with Crippen LogP contribution >= 0.6 is 0 Å². The first-order valence-corrected chi connectivity index (χ1v) is 8.17. The minimum absolute atomic E-state index is 0.110. The number of aromatic nitrogens is 1. The van der Waals surface area contributed by atoms with Gasteiger partial charge in [0.2, 0.25) is 11.8 Å². The van der Waals surface area contributed by atoms with Crippen LogP contribution in [0.3, 0.4) is 0 Å². The second-order valence-electron chi connectivity index (χ2n) is 6.25. The summed E-state index contributed by atoms with van der Waals surface area (Å²) in [5.74, 6) is 1.72. The average Bonchev–Trinajstić information content (AvgIpc) is 2.50. The van der Waals surface area contributed by atoms with Gasteiger partial charge in [0.05, 0.1) is 13.1 Å². The number of pyridine rings is 1. The molecule has 4 nitrogen and oxygen atoms in total. The van der Waals surface area contributed by atoms with Crippen LogP contribution in [0.25, 0.3) is 0 Å². The molecule has 1 amide bonds. The molecule has 1 aromatic heterocycles. The van der Waals surface area contributed by atoms with E-state index in [1.54, 1.807) is 6.20 Å². The van der Waals surface area contributed by atoms with Crippen molar-refractivity contribution in [3.63, 3.8) is 0 Å².